The first-order valence-electron chi connectivity index (χ1n) is 9.68. The molecular weight excluding hydrogens is 384 g/mol. The molecule has 2 amide bonds. The van der Waals surface area contributed by atoms with E-state index in [0.717, 1.165) is 34.0 Å². The summed E-state index contributed by atoms with van der Waals surface area (Å²) >= 11 is 1.62. The highest BCUT2D eigenvalue weighted by molar-refractivity contribution is 7.17. The molecule has 152 valence electrons. The number of nitrogens with zero attached hydrogens (tertiary/aromatic N) is 2. The lowest BCUT2D eigenvalue weighted by Crippen LogP contribution is -2.21. The van der Waals surface area contributed by atoms with Gasteiger partial charge in [0.25, 0.3) is 0 Å². The van der Waals surface area contributed by atoms with Crippen molar-refractivity contribution in [3.63, 3.8) is 0 Å². The van der Waals surface area contributed by atoms with Gasteiger partial charge < -0.3 is 10.6 Å². The lowest BCUT2D eigenvalue weighted by Gasteiger charge is -2.11. The number of imidazole rings is 1. The summed E-state index contributed by atoms with van der Waals surface area (Å²) in [6.45, 7) is 8.24. The lowest BCUT2D eigenvalue weighted by atomic mass is 10.1. The molecule has 1 unspecified atom stereocenters. The van der Waals surface area contributed by atoms with Gasteiger partial charge in [0.05, 0.1) is 11.4 Å². The molecule has 0 aliphatic heterocycles. The van der Waals surface area contributed by atoms with Gasteiger partial charge in [0, 0.05) is 35.3 Å². The van der Waals surface area contributed by atoms with Crippen LogP contribution in [0.5, 0.6) is 0 Å². The van der Waals surface area contributed by atoms with Gasteiger partial charge in [-0.15, -0.1) is 11.3 Å². The van der Waals surface area contributed by atoms with Crippen molar-refractivity contribution in [2.75, 3.05) is 5.32 Å². The Hall–Kier alpha value is -2.93. The zero-order chi connectivity index (χ0) is 21.0. The molecular formula is C22H26N4O2S. The first kappa shape index (κ1) is 20.8. The van der Waals surface area contributed by atoms with Gasteiger partial charge in [-0.2, -0.15) is 0 Å². The van der Waals surface area contributed by atoms with E-state index in [1.807, 2.05) is 62.6 Å². The van der Waals surface area contributed by atoms with Crippen LogP contribution in [0, 0.1) is 19.8 Å². The Labute approximate surface area is 174 Å². The molecule has 1 atom stereocenters. The Bertz CT molecular complexity index is 1060. The second kappa shape index (κ2) is 9.05. The first-order chi connectivity index (χ1) is 13.9. The molecule has 2 heterocycles. The van der Waals surface area contributed by atoms with E-state index in [-0.39, 0.29) is 17.7 Å². The lowest BCUT2D eigenvalue weighted by molar-refractivity contribution is -0.119. The average Bonchev–Trinajstić information content (AvgIpc) is 3.18. The van der Waals surface area contributed by atoms with Crippen molar-refractivity contribution < 1.29 is 9.59 Å². The maximum atomic E-state index is 12.3. The quantitative estimate of drug-likeness (QED) is 0.570. The molecule has 3 rings (SSSR count). The van der Waals surface area contributed by atoms with Crippen LogP contribution in [0.4, 0.5) is 5.69 Å². The van der Waals surface area contributed by atoms with Gasteiger partial charge in [-0.1, -0.05) is 26.0 Å². The number of carbonyl (C=O) groups excluding carboxylic acids is 2. The maximum absolute atomic E-state index is 12.3. The van der Waals surface area contributed by atoms with Crippen LogP contribution < -0.4 is 10.6 Å². The molecule has 2 N–H and O–H groups in total. The molecule has 0 aliphatic carbocycles. The minimum atomic E-state index is -0.180. The molecule has 0 saturated carbocycles. The fraction of sp³-hybridized carbons (Fsp3) is 0.318. The summed E-state index contributed by atoms with van der Waals surface area (Å²) in [5.74, 6) is -0.211. The summed E-state index contributed by atoms with van der Waals surface area (Å²) in [7, 11) is 0. The first-order valence-corrected chi connectivity index (χ1v) is 10.5. The SMILES string of the molecule is CCC(C)C(=O)Nc1cccc(CNC(=O)C=Cc2c(C)nc3sc(C)cn23)c1. The number of hydrogen-bond acceptors (Lipinski definition) is 4. The number of nitrogens with one attached hydrogen (secondary N) is 2. The number of thiazole rings is 1. The zero-order valence-corrected chi connectivity index (χ0v) is 18.0. The van der Waals surface area contributed by atoms with Crippen molar-refractivity contribution in [3.8, 4) is 0 Å². The van der Waals surface area contributed by atoms with Crippen LogP contribution in [0.2, 0.25) is 0 Å². The number of benzene rings is 1. The largest absolute Gasteiger partial charge is 0.348 e. The molecule has 1 aromatic carbocycles. The van der Waals surface area contributed by atoms with Crippen LogP contribution in [-0.2, 0) is 16.1 Å². The summed E-state index contributed by atoms with van der Waals surface area (Å²) in [5.41, 5.74) is 3.46. The minimum absolute atomic E-state index is 0.00257. The molecule has 0 radical (unpaired) electrons. The van der Waals surface area contributed by atoms with E-state index in [2.05, 4.69) is 15.6 Å². The highest BCUT2D eigenvalue weighted by Gasteiger charge is 2.11. The predicted molar refractivity (Wildman–Crippen MR) is 118 cm³/mol. The molecule has 0 spiro atoms. The third-order valence-electron chi connectivity index (χ3n) is 4.78. The fourth-order valence-corrected chi connectivity index (χ4v) is 3.77. The van der Waals surface area contributed by atoms with Crippen molar-refractivity contribution >= 4 is 39.9 Å². The van der Waals surface area contributed by atoms with Crippen molar-refractivity contribution in [3.05, 3.63) is 58.4 Å². The molecule has 0 fully saturated rings. The summed E-state index contributed by atoms with van der Waals surface area (Å²) < 4.78 is 2.00. The monoisotopic (exact) mass is 410 g/mol. The molecule has 7 heteroatoms. The fourth-order valence-electron chi connectivity index (χ4n) is 2.89. The summed E-state index contributed by atoms with van der Waals surface area (Å²) in [5, 5.41) is 5.80. The van der Waals surface area contributed by atoms with Crippen LogP contribution in [0.25, 0.3) is 11.0 Å². The van der Waals surface area contributed by atoms with Gasteiger partial charge in [-0.3, -0.25) is 14.0 Å². The molecule has 0 aliphatic rings. The van der Waals surface area contributed by atoms with Crippen molar-refractivity contribution in [1.29, 1.82) is 0 Å². The molecule has 0 saturated heterocycles. The third kappa shape index (κ3) is 5.12. The van der Waals surface area contributed by atoms with Gasteiger partial charge in [-0.25, -0.2) is 4.98 Å². The number of aromatic nitrogens is 2. The summed E-state index contributed by atoms with van der Waals surface area (Å²) in [6.07, 6.45) is 6.14. The van der Waals surface area contributed by atoms with E-state index >= 15 is 0 Å². The van der Waals surface area contributed by atoms with Crippen LogP contribution in [0.15, 0.2) is 36.5 Å². The van der Waals surface area contributed by atoms with Gasteiger partial charge in [0.15, 0.2) is 4.96 Å². The topological polar surface area (TPSA) is 75.5 Å². The second-order valence-corrected chi connectivity index (χ2v) is 8.34. The minimum Gasteiger partial charge on any atom is -0.348 e. The molecule has 2 aromatic heterocycles. The Morgan fingerprint density at radius 2 is 2.10 bits per heavy atom. The number of rotatable bonds is 7. The van der Waals surface area contributed by atoms with E-state index in [1.54, 1.807) is 17.4 Å². The van der Waals surface area contributed by atoms with Crippen molar-refractivity contribution in [2.45, 2.75) is 40.7 Å². The zero-order valence-electron chi connectivity index (χ0n) is 17.2. The van der Waals surface area contributed by atoms with Gasteiger partial charge >= 0.3 is 0 Å². The van der Waals surface area contributed by atoms with E-state index in [1.165, 1.54) is 11.0 Å². The van der Waals surface area contributed by atoms with Crippen LogP contribution in [0.1, 0.15) is 42.1 Å². The van der Waals surface area contributed by atoms with Gasteiger partial charge in [-0.05, 0) is 44.0 Å². The third-order valence-corrected chi connectivity index (χ3v) is 5.67. The highest BCUT2D eigenvalue weighted by atomic mass is 32.1. The van der Waals surface area contributed by atoms with E-state index < -0.39 is 0 Å². The number of hydrogen-bond donors (Lipinski definition) is 2. The maximum Gasteiger partial charge on any atom is 0.244 e. The Balaban J connectivity index is 1.60. The normalized spacial score (nSPS) is 12.4. The number of aryl methyl sites for hydroxylation is 2. The van der Waals surface area contributed by atoms with Gasteiger partial charge in [0.1, 0.15) is 0 Å². The van der Waals surface area contributed by atoms with Crippen LogP contribution >= 0.6 is 11.3 Å². The molecule has 29 heavy (non-hydrogen) atoms. The van der Waals surface area contributed by atoms with Crippen molar-refractivity contribution in [2.24, 2.45) is 5.92 Å². The Kier molecular flexibility index (Phi) is 6.49. The second-order valence-electron chi connectivity index (χ2n) is 7.13. The van der Waals surface area contributed by atoms with Gasteiger partial charge in [0.2, 0.25) is 11.8 Å². The van der Waals surface area contributed by atoms with E-state index in [0.29, 0.717) is 6.54 Å². The molecule has 6 nitrogen and oxygen atoms in total. The van der Waals surface area contributed by atoms with Crippen molar-refractivity contribution in [1.82, 2.24) is 14.7 Å². The van der Waals surface area contributed by atoms with Crippen LogP contribution in [-0.4, -0.2) is 21.2 Å². The van der Waals surface area contributed by atoms with E-state index in [9.17, 15) is 9.59 Å². The number of anilines is 1. The van der Waals surface area contributed by atoms with E-state index in [4.69, 9.17) is 0 Å². The average molecular weight is 411 g/mol. The Morgan fingerprint density at radius 3 is 2.86 bits per heavy atom. The number of fused-ring (bicyclic) bond motifs is 1. The smallest absolute Gasteiger partial charge is 0.244 e. The summed E-state index contributed by atoms with van der Waals surface area (Å²) in [6, 6.07) is 7.52. The number of carbonyl (C=O) groups is 2. The molecule has 3 aromatic rings. The number of amides is 2. The Morgan fingerprint density at radius 1 is 1.31 bits per heavy atom. The predicted octanol–water partition coefficient (Wildman–Crippen LogP) is 4.33. The standard InChI is InChI=1S/C22H26N4O2S/c1-5-14(2)21(28)25-18-8-6-7-17(11-18)12-23-20(27)10-9-19-16(4)24-22-26(19)13-15(3)29-22/h6-11,13-14H,5,12H2,1-4H3,(H,23,27)(H,25,28). The molecule has 0 bridgehead atoms. The highest BCUT2D eigenvalue weighted by Crippen LogP contribution is 2.21. The van der Waals surface area contributed by atoms with Crippen LogP contribution in [0.3, 0.4) is 0 Å². The summed E-state index contributed by atoms with van der Waals surface area (Å²) in [4.78, 5) is 30.9.